The largest absolute Gasteiger partial charge is 0.356 e. The summed E-state index contributed by atoms with van der Waals surface area (Å²) >= 11 is 3.37. The van der Waals surface area contributed by atoms with Crippen molar-refractivity contribution in [3.63, 3.8) is 0 Å². The molecule has 0 bridgehead atoms. The van der Waals surface area contributed by atoms with Gasteiger partial charge in [0.25, 0.3) is 0 Å². The van der Waals surface area contributed by atoms with Crippen LogP contribution in [0.3, 0.4) is 0 Å². The summed E-state index contributed by atoms with van der Waals surface area (Å²) in [5.41, 5.74) is 2.06. The number of nitrogens with zero attached hydrogens (tertiary/aromatic N) is 1. The van der Waals surface area contributed by atoms with Crippen molar-refractivity contribution >= 4 is 15.9 Å². The van der Waals surface area contributed by atoms with E-state index in [4.69, 9.17) is 4.52 Å². The highest BCUT2D eigenvalue weighted by atomic mass is 79.9. The zero-order valence-electron chi connectivity index (χ0n) is 7.61. The van der Waals surface area contributed by atoms with Gasteiger partial charge in [-0.05, 0) is 0 Å². The SMILES string of the molecule is BrCCc1cc(-c2ccccc2)on1. The van der Waals surface area contributed by atoms with Gasteiger partial charge in [0, 0.05) is 23.4 Å². The first-order valence-corrected chi connectivity index (χ1v) is 5.59. The summed E-state index contributed by atoms with van der Waals surface area (Å²) in [5, 5.41) is 4.89. The number of alkyl halides is 1. The van der Waals surface area contributed by atoms with Gasteiger partial charge in [-0.3, -0.25) is 0 Å². The minimum atomic E-state index is 0.835. The smallest absolute Gasteiger partial charge is 0.167 e. The molecule has 0 saturated carbocycles. The highest BCUT2D eigenvalue weighted by Crippen LogP contribution is 2.19. The molecule has 1 aromatic carbocycles. The monoisotopic (exact) mass is 251 g/mol. The lowest BCUT2D eigenvalue weighted by Gasteiger charge is -1.91. The van der Waals surface area contributed by atoms with Gasteiger partial charge in [-0.15, -0.1) is 0 Å². The molecule has 0 fully saturated rings. The van der Waals surface area contributed by atoms with Gasteiger partial charge in [-0.1, -0.05) is 51.4 Å². The van der Waals surface area contributed by atoms with Crippen molar-refractivity contribution in [2.45, 2.75) is 6.42 Å². The van der Waals surface area contributed by atoms with Gasteiger partial charge < -0.3 is 4.52 Å². The molecule has 0 unspecified atom stereocenters. The maximum atomic E-state index is 5.23. The van der Waals surface area contributed by atoms with Gasteiger partial charge in [-0.25, -0.2) is 0 Å². The minimum absolute atomic E-state index is 0.835. The first kappa shape index (κ1) is 9.46. The van der Waals surface area contributed by atoms with E-state index >= 15 is 0 Å². The normalized spacial score (nSPS) is 10.4. The number of hydrogen-bond donors (Lipinski definition) is 0. The Bertz CT molecular complexity index is 397. The highest BCUT2D eigenvalue weighted by molar-refractivity contribution is 9.09. The van der Waals surface area contributed by atoms with Crippen LogP contribution in [0.4, 0.5) is 0 Å². The standard InChI is InChI=1S/C11H10BrNO/c12-7-6-10-8-11(14-13-10)9-4-2-1-3-5-9/h1-5,8H,6-7H2. The Morgan fingerprint density at radius 1 is 1.21 bits per heavy atom. The zero-order chi connectivity index (χ0) is 9.80. The summed E-state index contributed by atoms with van der Waals surface area (Å²) in [7, 11) is 0. The van der Waals surface area contributed by atoms with E-state index in [0.717, 1.165) is 28.8 Å². The summed E-state index contributed by atoms with van der Waals surface area (Å²) in [6, 6.07) is 12.0. The van der Waals surface area contributed by atoms with Crippen molar-refractivity contribution in [3.05, 3.63) is 42.1 Å². The molecule has 14 heavy (non-hydrogen) atoms. The average Bonchev–Trinajstić information content (AvgIpc) is 2.68. The topological polar surface area (TPSA) is 26.0 Å². The number of aromatic nitrogens is 1. The second kappa shape index (κ2) is 4.42. The number of halogens is 1. The first-order valence-electron chi connectivity index (χ1n) is 4.47. The lowest BCUT2D eigenvalue weighted by atomic mass is 10.1. The number of rotatable bonds is 3. The van der Waals surface area contributed by atoms with E-state index in [1.807, 2.05) is 36.4 Å². The summed E-state index contributed by atoms with van der Waals surface area (Å²) < 4.78 is 5.23. The van der Waals surface area contributed by atoms with Crippen LogP contribution in [0.2, 0.25) is 0 Å². The van der Waals surface area contributed by atoms with Gasteiger partial charge in [-0.2, -0.15) is 0 Å². The van der Waals surface area contributed by atoms with E-state index in [9.17, 15) is 0 Å². The van der Waals surface area contributed by atoms with E-state index in [1.54, 1.807) is 0 Å². The van der Waals surface area contributed by atoms with Crippen LogP contribution >= 0.6 is 15.9 Å². The average molecular weight is 252 g/mol. The third-order valence-electron chi connectivity index (χ3n) is 1.97. The molecule has 0 amide bonds. The Kier molecular flexibility index (Phi) is 2.99. The van der Waals surface area contributed by atoms with Crippen molar-refractivity contribution in [1.29, 1.82) is 0 Å². The summed E-state index contributed by atoms with van der Waals surface area (Å²) in [6.07, 6.45) is 0.899. The fraction of sp³-hybridized carbons (Fsp3) is 0.182. The fourth-order valence-electron chi connectivity index (χ4n) is 1.26. The minimum Gasteiger partial charge on any atom is -0.356 e. The number of hydrogen-bond acceptors (Lipinski definition) is 2. The van der Waals surface area contributed by atoms with Gasteiger partial charge in [0.2, 0.25) is 0 Å². The molecule has 3 heteroatoms. The van der Waals surface area contributed by atoms with E-state index in [2.05, 4.69) is 21.1 Å². The highest BCUT2D eigenvalue weighted by Gasteiger charge is 2.04. The lowest BCUT2D eigenvalue weighted by molar-refractivity contribution is 0.424. The predicted molar refractivity (Wildman–Crippen MR) is 59.4 cm³/mol. The Labute approximate surface area is 91.1 Å². The molecule has 0 saturated heterocycles. The molecule has 0 atom stereocenters. The Morgan fingerprint density at radius 3 is 2.71 bits per heavy atom. The van der Waals surface area contributed by atoms with Crippen molar-refractivity contribution in [3.8, 4) is 11.3 Å². The molecule has 2 nitrogen and oxygen atoms in total. The molecule has 72 valence electrons. The third kappa shape index (κ3) is 2.04. The molecular weight excluding hydrogens is 242 g/mol. The van der Waals surface area contributed by atoms with Crippen LogP contribution in [-0.4, -0.2) is 10.5 Å². The molecule has 1 aromatic heterocycles. The van der Waals surface area contributed by atoms with Crippen LogP contribution < -0.4 is 0 Å². The van der Waals surface area contributed by atoms with Crippen molar-refractivity contribution in [2.75, 3.05) is 5.33 Å². The van der Waals surface area contributed by atoms with Gasteiger partial charge >= 0.3 is 0 Å². The van der Waals surface area contributed by atoms with E-state index < -0.39 is 0 Å². The summed E-state index contributed by atoms with van der Waals surface area (Å²) in [5.74, 6) is 0.835. The van der Waals surface area contributed by atoms with Crippen LogP contribution in [0.1, 0.15) is 5.69 Å². The van der Waals surface area contributed by atoms with Crippen LogP contribution in [0.15, 0.2) is 40.9 Å². The molecule has 2 rings (SSSR count). The molecule has 0 aliphatic carbocycles. The van der Waals surface area contributed by atoms with Crippen LogP contribution in [-0.2, 0) is 6.42 Å². The van der Waals surface area contributed by atoms with Crippen molar-refractivity contribution < 1.29 is 4.52 Å². The van der Waals surface area contributed by atoms with Crippen LogP contribution in [0.25, 0.3) is 11.3 Å². The maximum absolute atomic E-state index is 5.23. The van der Waals surface area contributed by atoms with Crippen LogP contribution in [0.5, 0.6) is 0 Å². The summed E-state index contributed by atoms with van der Waals surface area (Å²) in [4.78, 5) is 0. The van der Waals surface area contributed by atoms with Gasteiger partial charge in [0.15, 0.2) is 5.76 Å². The second-order valence-electron chi connectivity index (χ2n) is 2.99. The molecule has 0 radical (unpaired) electrons. The Morgan fingerprint density at radius 2 is 2.00 bits per heavy atom. The van der Waals surface area contributed by atoms with E-state index in [0.29, 0.717) is 0 Å². The molecule has 0 aliphatic rings. The fourth-order valence-corrected chi connectivity index (χ4v) is 1.67. The Hall–Kier alpha value is -1.09. The number of benzene rings is 1. The zero-order valence-corrected chi connectivity index (χ0v) is 9.20. The number of aryl methyl sites for hydroxylation is 1. The molecule has 1 heterocycles. The third-order valence-corrected chi connectivity index (χ3v) is 2.36. The molecule has 0 spiro atoms. The quantitative estimate of drug-likeness (QED) is 0.783. The first-order chi connectivity index (χ1) is 6.90. The van der Waals surface area contributed by atoms with E-state index in [-0.39, 0.29) is 0 Å². The summed E-state index contributed by atoms with van der Waals surface area (Å²) in [6.45, 7) is 0. The van der Waals surface area contributed by atoms with Crippen molar-refractivity contribution in [1.82, 2.24) is 5.16 Å². The van der Waals surface area contributed by atoms with Crippen LogP contribution in [0, 0.1) is 0 Å². The van der Waals surface area contributed by atoms with Crippen molar-refractivity contribution in [2.24, 2.45) is 0 Å². The maximum Gasteiger partial charge on any atom is 0.167 e. The Balaban J connectivity index is 2.25. The van der Waals surface area contributed by atoms with E-state index in [1.165, 1.54) is 0 Å². The molecule has 0 aliphatic heterocycles. The lowest BCUT2D eigenvalue weighted by Crippen LogP contribution is -1.82. The molecule has 2 aromatic rings. The van der Waals surface area contributed by atoms with Gasteiger partial charge in [0.05, 0.1) is 5.69 Å². The predicted octanol–water partition coefficient (Wildman–Crippen LogP) is 3.28. The second-order valence-corrected chi connectivity index (χ2v) is 3.78. The molecular formula is C11H10BrNO. The van der Waals surface area contributed by atoms with Gasteiger partial charge in [0.1, 0.15) is 0 Å². The molecule has 0 N–H and O–H groups in total.